The van der Waals surface area contributed by atoms with Crippen LogP contribution in [-0.2, 0) is 12.8 Å². The summed E-state index contributed by atoms with van der Waals surface area (Å²) in [6, 6.07) is 0. The molecule has 16 heavy (non-hydrogen) atoms. The molecular formula is C11H10N4S. The Balaban J connectivity index is 2.14. The molecule has 80 valence electrons. The summed E-state index contributed by atoms with van der Waals surface area (Å²) < 4.78 is 2.20. The summed E-state index contributed by atoms with van der Waals surface area (Å²) >= 11 is 1.85. The average Bonchev–Trinajstić information content (AvgIpc) is 2.92. The summed E-state index contributed by atoms with van der Waals surface area (Å²) in [6.45, 7) is 0. The molecule has 5 heteroatoms. The van der Waals surface area contributed by atoms with Crippen LogP contribution in [0, 0.1) is 0 Å². The molecule has 0 atom stereocenters. The third-order valence-corrected chi connectivity index (χ3v) is 4.47. The first-order valence-corrected chi connectivity index (χ1v) is 6.33. The van der Waals surface area contributed by atoms with E-state index in [9.17, 15) is 0 Å². The van der Waals surface area contributed by atoms with E-state index in [4.69, 9.17) is 0 Å². The molecule has 3 heterocycles. The molecule has 0 bridgehead atoms. The summed E-state index contributed by atoms with van der Waals surface area (Å²) in [5, 5.41) is 0. The molecule has 0 radical (unpaired) electrons. The molecule has 0 saturated heterocycles. The van der Waals surface area contributed by atoms with E-state index in [0.29, 0.717) is 0 Å². The van der Waals surface area contributed by atoms with Crippen molar-refractivity contribution in [2.75, 3.05) is 0 Å². The van der Waals surface area contributed by atoms with Crippen molar-refractivity contribution in [1.29, 1.82) is 0 Å². The maximum Gasteiger partial charge on any atom is 0.184 e. The zero-order valence-corrected chi connectivity index (χ0v) is 9.50. The van der Waals surface area contributed by atoms with Crippen LogP contribution in [0.5, 0.6) is 0 Å². The van der Waals surface area contributed by atoms with Crippen molar-refractivity contribution < 1.29 is 0 Å². The molecule has 4 rings (SSSR count). The van der Waals surface area contributed by atoms with E-state index in [1.54, 1.807) is 6.33 Å². The minimum atomic E-state index is 0.763. The van der Waals surface area contributed by atoms with Crippen LogP contribution in [0.25, 0.3) is 16.3 Å². The number of aryl methyl sites for hydroxylation is 2. The summed E-state index contributed by atoms with van der Waals surface area (Å²) in [4.78, 5) is 15.5. The van der Waals surface area contributed by atoms with E-state index in [0.717, 1.165) is 11.5 Å². The SMILES string of the molecule is c1nc2ncn3c4c(sc3c-2n1)CCCC4. The fourth-order valence-corrected chi connectivity index (χ4v) is 3.71. The molecule has 4 nitrogen and oxygen atoms in total. The Bertz CT molecular complexity index is 639. The van der Waals surface area contributed by atoms with E-state index >= 15 is 0 Å². The number of aromatic nitrogens is 4. The number of rotatable bonds is 0. The normalized spacial score (nSPS) is 15.8. The molecule has 1 aromatic rings. The van der Waals surface area contributed by atoms with Gasteiger partial charge in [0.25, 0.3) is 0 Å². The third-order valence-electron chi connectivity index (χ3n) is 3.20. The maximum absolute atomic E-state index is 4.35. The van der Waals surface area contributed by atoms with Gasteiger partial charge in [-0.05, 0) is 25.7 Å². The lowest BCUT2D eigenvalue weighted by atomic mass is 10.0. The summed E-state index contributed by atoms with van der Waals surface area (Å²) in [5.74, 6) is 0.763. The highest BCUT2D eigenvalue weighted by Gasteiger charge is 2.20. The smallest absolute Gasteiger partial charge is 0.184 e. The molecule has 0 saturated carbocycles. The van der Waals surface area contributed by atoms with E-state index in [2.05, 4.69) is 19.4 Å². The van der Waals surface area contributed by atoms with Crippen LogP contribution in [0.3, 0.4) is 0 Å². The van der Waals surface area contributed by atoms with Crippen molar-refractivity contribution in [2.45, 2.75) is 25.7 Å². The Labute approximate surface area is 96.3 Å². The average molecular weight is 230 g/mol. The van der Waals surface area contributed by atoms with Gasteiger partial charge in [-0.2, -0.15) is 0 Å². The van der Waals surface area contributed by atoms with Crippen LogP contribution < -0.4 is 0 Å². The molecule has 2 aliphatic heterocycles. The zero-order chi connectivity index (χ0) is 10.5. The molecule has 3 aliphatic rings. The van der Waals surface area contributed by atoms with E-state index in [-0.39, 0.29) is 0 Å². The van der Waals surface area contributed by atoms with E-state index < -0.39 is 0 Å². The zero-order valence-electron chi connectivity index (χ0n) is 8.68. The van der Waals surface area contributed by atoms with Gasteiger partial charge < -0.3 is 0 Å². The fourth-order valence-electron chi connectivity index (χ4n) is 2.42. The molecule has 0 amide bonds. The second kappa shape index (κ2) is 3.01. The summed E-state index contributed by atoms with van der Waals surface area (Å²) in [6.07, 6.45) is 8.46. The van der Waals surface area contributed by atoms with Gasteiger partial charge in [0.1, 0.15) is 23.2 Å². The van der Waals surface area contributed by atoms with Crippen LogP contribution in [-0.4, -0.2) is 19.4 Å². The van der Waals surface area contributed by atoms with Gasteiger partial charge in [0.15, 0.2) is 5.82 Å². The van der Waals surface area contributed by atoms with Crippen LogP contribution >= 0.6 is 11.3 Å². The molecule has 0 fully saturated rings. The Morgan fingerprint density at radius 2 is 2.06 bits per heavy atom. The molecule has 0 aromatic carbocycles. The second-order valence-corrected chi connectivity index (χ2v) is 5.23. The Hall–Kier alpha value is -1.49. The summed E-state index contributed by atoms with van der Waals surface area (Å²) in [5.41, 5.74) is 2.38. The summed E-state index contributed by atoms with van der Waals surface area (Å²) in [7, 11) is 0. The largest absolute Gasteiger partial charge is 0.293 e. The number of imidazole rings is 1. The monoisotopic (exact) mass is 230 g/mol. The Morgan fingerprint density at radius 1 is 1.12 bits per heavy atom. The third kappa shape index (κ3) is 1.01. The van der Waals surface area contributed by atoms with Crippen LogP contribution in [0.2, 0.25) is 0 Å². The highest BCUT2D eigenvalue weighted by Crippen LogP contribution is 2.34. The van der Waals surface area contributed by atoms with Crippen molar-refractivity contribution in [3.8, 4) is 11.5 Å². The number of hydrogen-bond donors (Lipinski definition) is 0. The van der Waals surface area contributed by atoms with Crippen molar-refractivity contribution in [2.24, 2.45) is 0 Å². The van der Waals surface area contributed by atoms with Crippen molar-refractivity contribution in [3.63, 3.8) is 0 Å². The van der Waals surface area contributed by atoms with Gasteiger partial charge in [-0.15, -0.1) is 11.3 Å². The van der Waals surface area contributed by atoms with Gasteiger partial charge in [-0.25, -0.2) is 15.0 Å². The minimum Gasteiger partial charge on any atom is -0.293 e. The Morgan fingerprint density at radius 3 is 3.06 bits per heavy atom. The lowest BCUT2D eigenvalue weighted by Crippen LogP contribution is -2.03. The lowest BCUT2D eigenvalue weighted by molar-refractivity contribution is 0.672. The maximum atomic E-state index is 4.35. The van der Waals surface area contributed by atoms with E-state index in [1.807, 2.05) is 17.7 Å². The van der Waals surface area contributed by atoms with Crippen molar-refractivity contribution in [1.82, 2.24) is 19.4 Å². The highest BCUT2D eigenvalue weighted by molar-refractivity contribution is 7.18. The van der Waals surface area contributed by atoms with Gasteiger partial charge in [-0.1, -0.05) is 0 Å². The highest BCUT2D eigenvalue weighted by atomic mass is 32.1. The van der Waals surface area contributed by atoms with Crippen LogP contribution in [0.15, 0.2) is 12.7 Å². The molecule has 0 N–H and O–H groups in total. The first-order chi connectivity index (χ1) is 7.93. The van der Waals surface area contributed by atoms with Crippen LogP contribution in [0.4, 0.5) is 0 Å². The lowest BCUT2D eigenvalue weighted by Gasteiger charge is -2.10. The number of thiazole rings is 1. The predicted molar refractivity (Wildman–Crippen MR) is 61.9 cm³/mol. The number of nitrogens with zero attached hydrogens (tertiary/aromatic N) is 4. The van der Waals surface area contributed by atoms with Gasteiger partial charge in [0, 0.05) is 10.6 Å². The topological polar surface area (TPSA) is 43.1 Å². The molecule has 0 spiro atoms. The Kier molecular flexibility index (Phi) is 1.62. The minimum absolute atomic E-state index is 0.763. The van der Waals surface area contributed by atoms with Gasteiger partial charge in [0.2, 0.25) is 0 Å². The standard InChI is InChI=1S/C11H10N4S/c1-2-4-8-7(3-1)15-6-14-10-9(11(15)16-8)12-5-13-10/h5-6H,1-4H2. The van der Waals surface area contributed by atoms with E-state index in [1.165, 1.54) is 41.1 Å². The molecule has 1 aromatic heterocycles. The van der Waals surface area contributed by atoms with Gasteiger partial charge >= 0.3 is 0 Å². The first-order valence-electron chi connectivity index (χ1n) is 5.52. The molecule has 0 unspecified atom stereocenters. The quantitative estimate of drug-likeness (QED) is 0.594. The second-order valence-electron chi connectivity index (χ2n) is 4.14. The van der Waals surface area contributed by atoms with Crippen LogP contribution in [0.1, 0.15) is 23.4 Å². The molecular weight excluding hydrogens is 220 g/mol. The number of hydrogen-bond acceptors (Lipinski definition) is 4. The van der Waals surface area contributed by atoms with Crippen molar-refractivity contribution >= 4 is 16.2 Å². The van der Waals surface area contributed by atoms with Crippen molar-refractivity contribution in [3.05, 3.63) is 23.2 Å². The molecule has 1 aliphatic carbocycles. The van der Waals surface area contributed by atoms with Gasteiger partial charge in [0.05, 0.1) is 0 Å². The predicted octanol–water partition coefficient (Wildman–Crippen LogP) is 2.17. The number of fused-ring (bicyclic) bond motifs is 5. The first kappa shape index (κ1) is 8.64. The van der Waals surface area contributed by atoms with Gasteiger partial charge in [-0.3, -0.25) is 4.40 Å². The fraction of sp³-hybridized carbons (Fsp3) is 0.364.